The smallest absolute Gasteiger partial charge is 0.251 e. The van der Waals surface area contributed by atoms with Crippen molar-refractivity contribution in [3.8, 4) is 11.4 Å². The van der Waals surface area contributed by atoms with Crippen molar-refractivity contribution in [3.05, 3.63) is 96.1 Å². The number of H-pyrrole nitrogens is 1. The van der Waals surface area contributed by atoms with Crippen LogP contribution in [0.1, 0.15) is 27.8 Å². The number of aromatic nitrogens is 4. The summed E-state index contributed by atoms with van der Waals surface area (Å²) in [6.07, 6.45) is 3.39. The minimum Gasteiger partial charge on any atom is -0.394 e. The zero-order valence-corrected chi connectivity index (χ0v) is 16.7. The highest BCUT2D eigenvalue weighted by Crippen LogP contribution is 2.16. The zero-order valence-electron chi connectivity index (χ0n) is 16.7. The summed E-state index contributed by atoms with van der Waals surface area (Å²) in [5.41, 5.74) is 3.00. The van der Waals surface area contributed by atoms with Crippen LogP contribution in [0.3, 0.4) is 0 Å². The molecule has 2 aromatic heterocycles. The number of rotatable bonds is 8. The van der Waals surface area contributed by atoms with E-state index in [-0.39, 0.29) is 12.5 Å². The third-order valence-electron chi connectivity index (χ3n) is 4.74. The molecule has 0 unspecified atom stereocenters. The van der Waals surface area contributed by atoms with Gasteiger partial charge in [-0.1, -0.05) is 36.4 Å². The van der Waals surface area contributed by atoms with Gasteiger partial charge in [0.05, 0.1) is 19.2 Å². The van der Waals surface area contributed by atoms with E-state index in [1.165, 1.54) is 0 Å². The van der Waals surface area contributed by atoms with E-state index in [1.54, 1.807) is 30.6 Å². The SMILES string of the molecule is O=C(N[C@H](CO)c1ccccc1)c1cccc(NCc2nc(-c3ccncc3)n[nH]2)c1. The molecule has 156 valence electrons. The fraction of sp³-hybridized carbons (Fsp3) is 0.130. The number of hydrogen-bond donors (Lipinski definition) is 4. The van der Waals surface area contributed by atoms with Crippen LogP contribution >= 0.6 is 0 Å². The Labute approximate surface area is 179 Å². The minimum atomic E-state index is -0.467. The maximum Gasteiger partial charge on any atom is 0.251 e. The summed E-state index contributed by atoms with van der Waals surface area (Å²) in [7, 11) is 0. The molecule has 0 radical (unpaired) electrons. The molecular weight excluding hydrogens is 392 g/mol. The van der Waals surface area contributed by atoms with Crippen molar-refractivity contribution < 1.29 is 9.90 Å². The van der Waals surface area contributed by atoms with Crippen molar-refractivity contribution in [2.75, 3.05) is 11.9 Å². The number of carbonyl (C=O) groups is 1. The van der Waals surface area contributed by atoms with Gasteiger partial charge in [0.2, 0.25) is 0 Å². The van der Waals surface area contributed by atoms with Gasteiger partial charge in [-0.2, -0.15) is 5.10 Å². The largest absolute Gasteiger partial charge is 0.394 e. The number of amides is 1. The van der Waals surface area contributed by atoms with Crippen molar-refractivity contribution in [3.63, 3.8) is 0 Å². The van der Waals surface area contributed by atoms with Gasteiger partial charge in [0, 0.05) is 29.2 Å². The molecule has 1 amide bonds. The number of hydrogen-bond acceptors (Lipinski definition) is 6. The summed E-state index contributed by atoms with van der Waals surface area (Å²) in [5, 5.41) is 22.9. The van der Waals surface area contributed by atoms with Gasteiger partial charge in [-0.3, -0.25) is 14.9 Å². The van der Waals surface area contributed by atoms with Gasteiger partial charge in [0.25, 0.3) is 5.91 Å². The van der Waals surface area contributed by atoms with Gasteiger partial charge in [-0.15, -0.1) is 0 Å². The van der Waals surface area contributed by atoms with Crippen LogP contribution in [-0.2, 0) is 6.54 Å². The van der Waals surface area contributed by atoms with Gasteiger partial charge in [0.1, 0.15) is 5.82 Å². The summed E-state index contributed by atoms with van der Waals surface area (Å²) < 4.78 is 0. The molecule has 4 aromatic rings. The first-order valence-electron chi connectivity index (χ1n) is 9.85. The average molecular weight is 414 g/mol. The Bertz CT molecular complexity index is 1130. The molecule has 2 aromatic carbocycles. The Kier molecular flexibility index (Phi) is 6.29. The number of anilines is 1. The number of pyridine rings is 1. The lowest BCUT2D eigenvalue weighted by atomic mass is 10.1. The number of nitrogens with zero attached hydrogens (tertiary/aromatic N) is 3. The molecule has 0 spiro atoms. The van der Waals surface area contributed by atoms with E-state index in [0.29, 0.717) is 23.8 Å². The second kappa shape index (κ2) is 9.64. The highest BCUT2D eigenvalue weighted by molar-refractivity contribution is 5.95. The van der Waals surface area contributed by atoms with Crippen LogP contribution in [0.25, 0.3) is 11.4 Å². The van der Waals surface area contributed by atoms with Crippen LogP contribution in [0.5, 0.6) is 0 Å². The number of benzene rings is 2. The van der Waals surface area contributed by atoms with E-state index in [9.17, 15) is 9.90 Å². The Balaban J connectivity index is 1.39. The maximum absolute atomic E-state index is 12.7. The zero-order chi connectivity index (χ0) is 21.5. The quantitative estimate of drug-likeness (QED) is 0.352. The van der Waals surface area contributed by atoms with Crippen molar-refractivity contribution in [2.45, 2.75) is 12.6 Å². The van der Waals surface area contributed by atoms with E-state index >= 15 is 0 Å². The highest BCUT2D eigenvalue weighted by Gasteiger charge is 2.15. The normalized spacial score (nSPS) is 11.6. The first kappa shape index (κ1) is 20.2. The Morgan fingerprint density at radius 3 is 2.61 bits per heavy atom. The van der Waals surface area contributed by atoms with E-state index in [4.69, 9.17) is 0 Å². The molecule has 8 heteroatoms. The van der Waals surface area contributed by atoms with Gasteiger partial charge in [-0.25, -0.2) is 4.98 Å². The Morgan fingerprint density at radius 1 is 1.03 bits per heavy atom. The molecular formula is C23H22N6O2. The van der Waals surface area contributed by atoms with Crippen LogP contribution in [0.15, 0.2) is 79.1 Å². The van der Waals surface area contributed by atoms with Crippen LogP contribution < -0.4 is 10.6 Å². The third kappa shape index (κ3) is 5.12. The molecule has 0 aliphatic carbocycles. The lowest BCUT2D eigenvalue weighted by Crippen LogP contribution is -2.30. The van der Waals surface area contributed by atoms with Crippen LogP contribution in [-0.4, -0.2) is 37.8 Å². The van der Waals surface area contributed by atoms with Crippen molar-refractivity contribution >= 4 is 11.6 Å². The summed E-state index contributed by atoms with van der Waals surface area (Å²) in [5.74, 6) is 1.01. The molecule has 8 nitrogen and oxygen atoms in total. The highest BCUT2D eigenvalue weighted by atomic mass is 16.3. The van der Waals surface area contributed by atoms with E-state index in [1.807, 2.05) is 48.5 Å². The topological polar surface area (TPSA) is 116 Å². The number of aliphatic hydroxyl groups is 1. The molecule has 0 aliphatic rings. The molecule has 4 N–H and O–H groups in total. The second-order valence-corrected chi connectivity index (χ2v) is 6.90. The van der Waals surface area contributed by atoms with Gasteiger partial charge >= 0.3 is 0 Å². The fourth-order valence-electron chi connectivity index (χ4n) is 3.12. The molecule has 0 saturated carbocycles. The minimum absolute atomic E-state index is 0.182. The molecule has 0 aliphatic heterocycles. The molecule has 4 rings (SSSR count). The summed E-state index contributed by atoms with van der Waals surface area (Å²) >= 11 is 0. The van der Waals surface area contributed by atoms with E-state index in [0.717, 1.165) is 16.8 Å². The van der Waals surface area contributed by atoms with Crippen molar-refractivity contribution in [1.82, 2.24) is 25.5 Å². The number of nitrogens with one attached hydrogen (secondary N) is 3. The molecule has 2 heterocycles. The molecule has 31 heavy (non-hydrogen) atoms. The predicted octanol–water partition coefficient (Wildman–Crippen LogP) is 2.94. The van der Waals surface area contributed by atoms with E-state index < -0.39 is 6.04 Å². The first-order chi connectivity index (χ1) is 15.2. The summed E-state index contributed by atoms with van der Waals surface area (Å²) in [6.45, 7) is 0.242. The monoisotopic (exact) mass is 414 g/mol. The molecule has 0 bridgehead atoms. The fourth-order valence-corrected chi connectivity index (χ4v) is 3.12. The van der Waals surface area contributed by atoms with Gasteiger partial charge in [-0.05, 0) is 35.9 Å². The number of aromatic amines is 1. The Hall–Kier alpha value is -4.04. The molecule has 1 atom stereocenters. The molecule has 0 saturated heterocycles. The summed E-state index contributed by atoms with van der Waals surface area (Å²) in [4.78, 5) is 21.2. The standard InChI is InChI=1S/C23H22N6O2/c30-15-20(16-5-2-1-3-6-16)26-23(31)18-7-4-8-19(13-18)25-14-21-27-22(29-28-21)17-9-11-24-12-10-17/h1-13,20,25,30H,14-15H2,(H,26,31)(H,27,28,29)/t20-/m1/s1. The lowest BCUT2D eigenvalue weighted by Gasteiger charge is -2.17. The predicted molar refractivity (Wildman–Crippen MR) is 117 cm³/mol. The average Bonchev–Trinajstić information content (AvgIpc) is 3.31. The maximum atomic E-state index is 12.7. The summed E-state index contributed by atoms with van der Waals surface area (Å²) in [6, 6.07) is 19.8. The van der Waals surface area contributed by atoms with E-state index in [2.05, 4.69) is 30.8 Å². The Morgan fingerprint density at radius 2 is 1.84 bits per heavy atom. The van der Waals surface area contributed by atoms with Gasteiger partial charge in [0.15, 0.2) is 5.82 Å². The van der Waals surface area contributed by atoms with Crippen molar-refractivity contribution in [2.24, 2.45) is 0 Å². The molecule has 0 fully saturated rings. The van der Waals surface area contributed by atoms with Crippen molar-refractivity contribution in [1.29, 1.82) is 0 Å². The van der Waals surface area contributed by atoms with Crippen LogP contribution in [0.4, 0.5) is 5.69 Å². The first-order valence-corrected chi connectivity index (χ1v) is 9.85. The second-order valence-electron chi connectivity index (χ2n) is 6.90. The number of carbonyl (C=O) groups excluding carboxylic acids is 1. The van der Waals surface area contributed by atoms with Crippen LogP contribution in [0.2, 0.25) is 0 Å². The van der Waals surface area contributed by atoms with Gasteiger partial charge < -0.3 is 15.7 Å². The number of aliphatic hydroxyl groups excluding tert-OH is 1. The third-order valence-corrected chi connectivity index (χ3v) is 4.74. The lowest BCUT2D eigenvalue weighted by molar-refractivity contribution is 0.0916. The van der Waals surface area contributed by atoms with Crippen LogP contribution in [0, 0.1) is 0 Å².